The Hall–Kier alpha value is -3.73. The van der Waals surface area contributed by atoms with Crippen LogP contribution in [0.5, 0.6) is 0 Å². The van der Waals surface area contributed by atoms with Crippen LogP contribution in [-0.2, 0) is 13.6 Å². The molecule has 0 amide bonds. The topological polar surface area (TPSA) is 52.7 Å². The summed E-state index contributed by atoms with van der Waals surface area (Å²) in [6.07, 6.45) is 5.11. The lowest BCUT2D eigenvalue weighted by Crippen LogP contribution is -2.21. The van der Waals surface area contributed by atoms with Gasteiger partial charge in [0.05, 0.1) is 12.7 Å². The Bertz CT molecular complexity index is 1380. The lowest BCUT2D eigenvalue weighted by atomic mass is 10.0. The van der Waals surface area contributed by atoms with Crippen molar-refractivity contribution >= 4 is 22.1 Å². The Morgan fingerprint density at radius 2 is 1.82 bits per heavy atom. The van der Waals surface area contributed by atoms with Gasteiger partial charge < -0.3 is 4.57 Å². The van der Waals surface area contributed by atoms with E-state index in [0.717, 1.165) is 16.7 Å². The fraction of sp³-hybridized carbons (Fsp3) is 0.0870. The van der Waals surface area contributed by atoms with Gasteiger partial charge in [0.2, 0.25) is 0 Å². The van der Waals surface area contributed by atoms with Gasteiger partial charge in [0, 0.05) is 25.0 Å². The third-order valence-corrected chi connectivity index (χ3v) is 5.09. The van der Waals surface area contributed by atoms with Crippen LogP contribution in [0.3, 0.4) is 0 Å². The third kappa shape index (κ3) is 2.77. The molecule has 5 aromatic rings. The zero-order chi connectivity index (χ0) is 19.1. The van der Waals surface area contributed by atoms with Crippen LogP contribution in [0, 0.1) is 0 Å². The molecule has 3 heterocycles. The maximum atomic E-state index is 12.4. The molecular formula is C23H18N4O. The largest absolute Gasteiger partial charge is 0.351 e. The number of rotatable bonds is 3. The second kappa shape index (κ2) is 6.46. The van der Waals surface area contributed by atoms with Crippen LogP contribution in [0.25, 0.3) is 33.2 Å². The lowest BCUT2D eigenvalue weighted by Gasteiger charge is -2.10. The van der Waals surface area contributed by atoms with Crippen LogP contribution in [-0.4, -0.2) is 19.1 Å². The van der Waals surface area contributed by atoms with E-state index in [4.69, 9.17) is 0 Å². The lowest BCUT2D eigenvalue weighted by molar-refractivity contribution is 0.775. The van der Waals surface area contributed by atoms with E-state index in [2.05, 4.69) is 64.2 Å². The second-order valence-electron chi connectivity index (χ2n) is 6.93. The molecule has 0 saturated carbocycles. The van der Waals surface area contributed by atoms with Gasteiger partial charge >= 0.3 is 0 Å². The van der Waals surface area contributed by atoms with Crippen molar-refractivity contribution in [2.75, 3.05) is 0 Å². The number of pyridine rings is 1. The molecule has 3 aromatic heterocycles. The molecule has 0 aliphatic rings. The first-order chi connectivity index (χ1) is 13.7. The van der Waals surface area contributed by atoms with Gasteiger partial charge in [0.1, 0.15) is 5.52 Å². The summed E-state index contributed by atoms with van der Waals surface area (Å²) in [4.78, 5) is 20.9. The minimum atomic E-state index is -0.151. The summed E-state index contributed by atoms with van der Waals surface area (Å²) in [5.74, 6) is 0. The molecule has 0 radical (unpaired) electrons. The van der Waals surface area contributed by atoms with E-state index in [1.165, 1.54) is 17.1 Å². The smallest absolute Gasteiger partial charge is 0.270 e. The van der Waals surface area contributed by atoms with E-state index in [9.17, 15) is 4.79 Å². The molecule has 5 rings (SSSR count). The molecule has 0 aliphatic carbocycles. The van der Waals surface area contributed by atoms with Crippen molar-refractivity contribution in [3.63, 3.8) is 0 Å². The quantitative estimate of drug-likeness (QED) is 0.485. The van der Waals surface area contributed by atoms with Crippen molar-refractivity contribution in [2.45, 2.75) is 6.54 Å². The van der Waals surface area contributed by atoms with Crippen molar-refractivity contribution in [1.82, 2.24) is 19.1 Å². The summed E-state index contributed by atoms with van der Waals surface area (Å²) in [5, 5.41) is 1.23. The van der Waals surface area contributed by atoms with Gasteiger partial charge in [-0.15, -0.1) is 0 Å². The molecule has 136 valence electrons. The zero-order valence-corrected chi connectivity index (χ0v) is 15.4. The van der Waals surface area contributed by atoms with E-state index in [1.54, 1.807) is 10.8 Å². The summed E-state index contributed by atoms with van der Waals surface area (Å²) < 4.78 is 3.79. The number of aromatic nitrogens is 4. The molecule has 0 atom stereocenters. The van der Waals surface area contributed by atoms with Crippen molar-refractivity contribution in [1.29, 1.82) is 0 Å². The SMILES string of the molecule is Cn1ccc2ccc(-c3cccc(Cn4c(=O)cnc5cccnc54)c3)cc21. The molecule has 0 aliphatic heterocycles. The van der Waals surface area contributed by atoms with Crippen molar-refractivity contribution < 1.29 is 0 Å². The molecule has 0 N–H and O–H groups in total. The van der Waals surface area contributed by atoms with Crippen LogP contribution < -0.4 is 5.56 Å². The Balaban J connectivity index is 1.57. The van der Waals surface area contributed by atoms with Crippen molar-refractivity contribution in [3.8, 4) is 11.1 Å². The van der Waals surface area contributed by atoms with Crippen LogP contribution in [0.15, 0.2) is 84.0 Å². The van der Waals surface area contributed by atoms with Crippen molar-refractivity contribution in [3.05, 3.63) is 95.2 Å². The highest BCUT2D eigenvalue weighted by atomic mass is 16.1. The van der Waals surface area contributed by atoms with E-state index in [-0.39, 0.29) is 5.56 Å². The molecule has 28 heavy (non-hydrogen) atoms. The highest BCUT2D eigenvalue weighted by Crippen LogP contribution is 2.26. The molecule has 0 saturated heterocycles. The highest BCUT2D eigenvalue weighted by Gasteiger charge is 2.08. The Kier molecular flexibility index (Phi) is 3.79. The number of aryl methyl sites for hydroxylation is 1. The summed E-state index contributed by atoms with van der Waals surface area (Å²) in [6.45, 7) is 0.453. The average molecular weight is 366 g/mol. The number of fused-ring (bicyclic) bond motifs is 2. The minimum absolute atomic E-state index is 0.151. The summed E-state index contributed by atoms with van der Waals surface area (Å²) >= 11 is 0. The second-order valence-corrected chi connectivity index (χ2v) is 6.93. The standard InChI is InChI=1S/C23H18N4O/c1-26-11-9-17-7-8-19(13-21(17)26)18-5-2-4-16(12-18)15-27-22(28)14-25-20-6-3-10-24-23(20)27/h2-14H,15H2,1H3. The first-order valence-corrected chi connectivity index (χ1v) is 9.14. The molecule has 5 heteroatoms. The van der Waals surface area contributed by atoms with Crippen LogP contribution in [0.4, 0.5) is 0 Å². The maximum Gasteiger partial charge on any atom is 0.270 e. The van der Waals surface area contributed by atoms with Gasteiger partial charge in [0.15, 0.2) is 5.65 Å². The monoisotopic (exact) mass is 366 g/mol. The van der Waals surface area contributed by atoms with Gasteiger partial charge in [-0.3, -0.25) is 9.36 Å². The molecule has 5 nitrogen and oxygen atoms in total. The first kappa shape index (κ1) is 16.4. The predicted molar refractivity (Wildman–Crippen MR) is 111 cm³/mol. The van der Waals surface area contributed by atoms with Gasteiger partial charge in [-0.1, -0.05) is 30.3 Å². The number of hydrogen-bond acceptors (Lipinski definition) is 3. The Labute approximate surface area is 161 Å². The highest BCUT2D eigenvalue weighted by molar-refractivity contribution is 5.85. The van der Waals surface area contributed by atoms with Crippen molar-refractivity contribution in [2.24, 2.45) is 7.05 Å². The molecule has 0 spiro atoms. The van der Waals surface area contributed by atoms with Gasteiger partial charge in [-0.25, -0.2) is 9.97 Å². The molecule has 0 fully saturated rings. The van der Waals surface area contributed by atoms with E-state index in [0.29, 0.717) is 17.7 Å². The first-order valence-electron chi connectivity index (χ1n) is 9.14. The summed E-state index contributed by atoms with van der Waals surface area (Å²) in [5.41, 5.74) is 5.69. The summed E-state index contributed by atoms with van der Waals surface area (Å²) in [7, 11) is 2.05. The Morgan fingerprint density at radius 3 is 2.75 bits per heavy atom. The minimum Gasteiger partial charge on any atom is -0.351 e. The van der Waals surface area contributed by atoms with E-state index < -0.39 is 0 Å². The molecule has 0 unspecified atom stereocenters. The van der Waals surface area contributed by atoms with Gasteiger partial charge in [0.25, 0.3) is 5.56 Å². The van der Waals surface area contributed by atoms with E-state index >= 15 is 0 Å². The molecule has 2 aromatic carbocycles. The van der Waals surface area contributed by atoms with Crippen LogP contribution in [0.2, 0.25) is 0 Å². The van der Waals surface area contributed by atoms with Crippen LogP contribution in [0.1, 0.15) is 5.56 Å². The zero-order valence-electron chi connectivity index (χ0n) is 15.4. The maximum absolute atomic E-state index is 12.4. The Morgan fingerprint density at radius 1 is 0.929 bits per heavy atom. The predicted octanol–water partition coefficient (Wildman–Crippen LogP) is 4.00. The number of hydrogen-bond donors (Lipinski definition) is 0. The molecule has 0 bridgehead atoms. The fourth-order valence-corrected chi connectivity index (χ4v) is 3.62. The normalized spacial score (nSPS) is 11.3. The van der Waals surface area contributed by atoms with Crippen LogP contribution >= 0.6 is 0 Å². The van der Waals surface area contributed by atoms with Gasteiger partial charge in [-0.2, -0.15) is 0 Å². The van der Waals surface area contributed by atoms with E-state index in [1.807, 2.05) is 24.3 Å². The third-order valence-electron chi connectivity index (χ3n) is 5.09. The average Bonchev–Trinajstić information content (AvgIpc) is 3.11. The fourth-order valence-electron chi connectivity index (χ4n) is 3.62. The number of nitrogens with zero attached hydrogens (tertiary/aromatic N) is 4. The number of benzene rings is 2. The summed E-state index contributed by atoms with van der Waals surface area (Å²) in [6, 6.07) is 20.6. The molecular weight excluding hydrogens is 348 g/mol. The van der Waals surface area contributed by atoms with Gasteiger partial charge in [-0.05, 0) is 52.4 Å².